The van der Waals surface area contributed by atoms with Crippen molar-refractivity contribution in [1.82, 2.24) is 4.57 Å². The number of nitrogens with one attached hydrogen (secondary N) is 2. The number of nitrogens with zero attached hydrogens (tertiary/aromatic N) is 2. The SMILES string of the molecule is Cc1c(C#N)c(NC(=O)C[NH+]2CCc3sccc3[C@H]2C)n(Cc2ccco2)c1C. The maximum absolute atomic E-state index is 12.9. The highest BCUT2D eigenvalue weighted by Gasteiger charge is 2.30. The van der Waals surface area contributed by atoms with Crippen LogP contribution < -0.4 is 10.2 Å². The van der Waals surface area contributed by atoms with Crippen LogP contribution in [0.5, 0.6) is 0 Å². The molecule has 0 aromatic carbocycles. The van der Waals surface area contributed by atoms with Crippen LogP contribution in [-0.4, -0.2) is 23.6 Å². The minimum atomic E-state index is -0.0692. The van der Waals surface area contributed by atoms with E-state index in [-0.39, 0.29) is 5.91 Å². The summed E-state index contributed by atoms with van der Waals surface area (Å²) in [4.78, 5) is 15.6. The van der Waals surface area contributed by atoms with Crippen LogP contribution >= 0.6 is 11.3 Å². The Morgan fingerprint density at radius 2 is 2.28 bits per heavy atom. The molecule has 1 unspecified atom stereocenters. The molecule has 3 aromatic heterocycles. The number of hydrogen-bond donors (Lipinski definition) is 2. The van der Waals surface area contributed by atoms with Gasteiger partial charge in [-0.05, 0) is 49.9 Å². The number of carbonyl (C=O) groups is 1. The molecule has 0 fully saturated rings. The summed E-state index contributed by atoms with van der Waals surface area (Å²) < 4.78 is 7.43. The Hall–Kier alpha value is -2.82. The predicted octanol–water partition coefficient (Wildman–Crippen LogP) is 2.82. The quantitative estimate of drug-likeness (QED) is 0.680. The highest BCUT2D eigenvalue weighted by atomic mass is 32.1. The van der Waals surface area contributed by atoms with Crippen molar-refractivity contribution in [3.05, 3.63) is 62.9 Å². The van der Waals surface area contributed by atoms with Crippen molar-refractivity contribution in [2.24, 2.45) is 0 Å². The van der Waals surface area contributed by atoms with Gasteiger partial charge in [0, 0.05) is 22.6 Å². The number of fused-ring (bicyclic) bond motifs is 1. The highest BCUT2D eigenvalue weighted by Crippen LogP contribution is 2.28. The van der Waals surface area contributed by atoms with E-state index in [9.17, 15) is 10.1 Å². The van der Waals surface area contributed by atoms with E-state index in [4.69, 9.17) is 4.42 Å². The molecule has 0 spiro atoms. The van der Waals surface area contributed by atoms with Gasteiger partial charge in [-0.3, -0.25) is 4.79 Å². The number of hydrogen-bond acceptors (Lipinski definition) is 4. The second kappa shape index (κ2) is 7.90. The Labute approximate surface area is 174 Å². The van der Waals surface area contributed by atoms with Crippen molar-refractivity contribution in [2.75, 3.05) is 18.4 Å². The Morgan fingerprint density at radius 3 is 3.00 bits per heavy atom. The highest BCUT2D eigenvalue weighted by molar-refractivity contribution is 7.10. The number of quaternary nitrogens is 1. The molecular formula is C22H25N4O2S+. The van der Waals surface area contributed by atoms with Gasteiger partial charge < -0.3 is 19.2 Å². The fourth-order valence-corrected chi connectivity index (χ4v) is 5.14. The lowest BCUT2D eigenvalue weighted by atomic mass is 10.0. The van der Waals surface area contributed by atoms with E-state index in [0.717, 1.165) is 30.0 Å². The van der Waals surface area contributed by atoms with Gasteiger partial charge in [0.25, 0.3) is 5.91 Å². The minimum Gasteiger partial charge on any atom is -0.467 e. The smallest absolute Gasteiger partial charge is 0.280 e. The molecule has 0 saturated heterocycles. The van der Waals surface area contributed by atoms with Crippen LogP contribution in [-0.2, 0) is 17.8 Å². The van der Waals surface area contributed by atoms with Crippen molar-refractivity contribution in [2.45, 2.75) is 39.8 Å². The molecule has 6 nitrogen and oxygen atoms in total. The molecule has 0 aliphatic carbocycles. The van der Waals surface area contributed by atoms with Gasteiger partial charge in [0.2, 0.25) is 0 Å². The molecule has 1 aliphatic heterocycles. The predicted molar refractivity (Wildman–Crippen MR) is 112 cm³/mol. The lowest BCUT2D eigenvalue weighted by Gasteiger charge is -2.30. The van der Waals surface area contributed by atoms with E-state index in [0.29, 0.717) is 30.5 Å². The van der Waals surface area contributed by atoms with Crippen LogP contribution in [0.15, 0.2) is 34.3 Å². The number of aromatic nitrogens is 1. The van der Waals surface area contributed by atoms with Crippen LogP contribution in [0.25, 0.3) is 0 Å². The van der Waals surface area contributed by atoms with E-state index in [2.05, 4.69) is 29.8 Å². The maximum atomic E-state index is 12.9. The summed E-state index contributed by atoms with van der Waals surface area (Å²) in [7, 11) is 0. The van der Waals surface area contributed by atoms with Gasteiger partial charge >= 0.3 is 0 Å². The Kier molecular flexibility index (Phi) is 5.31. The second-order valence-corrected chi connectivity index (χ2v) is 8.62. The van der Waals surface area contributed by atoms with E-state index < -0.39 is 0 Å². The molecule has 2 N–H and O–H groups in total. The van der Waals surface area contributed by atoms with Gasteiger partial charge in [-0.15, -0.1) is 11.3 Å². The normalized spacial score (nSPS) is 18.3. The number of furan rings is 1. The molecule has 4 heterocycles. The summed E-state index contributed by atoms with van der Waals surface area (Å²) in [6.07, 6.45) is 2.64. The third-order valence-corrected chi connectivity index (χ3v) is 7.01. The van der Waals surface area contributed by atoms with Crippen LogP contribution in [0.4, 0.5) is 5.82 Å². The number of nitriles is 1. The summed E-state index contributed by atoms with van der Waals surface area (Å²) >= 11 is 1.80. The Morgan fingerprint density at radius 1 is 1.45 bits per heavy atom. The molecule has 0 radical (unpaired) electrons. The van der Waals surface area contributed by atoms with Crippen LogP contribution in [0.2, 0.25) is 0 Å². The monoisotopic (exact) mass is 409 g/mol. The van der Waals surface area contributed by atoms with E-state index in [1.165, 1.54) is 15.3 Å². The third-order valence-electron chi connectivity index (χ3n) is 6.01. The summed E-state index contributed by atoms with van der Waals surface area (Å²) in [5.41, 5.74) is 3.71. The largest absolute Gasteiger partial charge is 0.467 e. The first kappa shape index (κ1) is 19.5. The van der Waals surface area contributed by atoms with Gasteiger partial charge in [-0.25, -0.2) is 0 Å². The molecule has 2 atom stereocenters. The van der Waals surface area contributed by atoms with Crippen molar-refractivity contribution in [3.8, 4) is 6.07 Å². The summed E-state index contributed by atoms with van der Waals surface area (Å²) in [6, 6.07) is 8.46. The third kappa shape index (κ3) is 3.61. The van der Waals surface area contributed by atoms with Crippen molar-refractivity contribution in [1.29, 1.82) is 5.26 Å². The standard InChI is InChI=1S/C22H24N4O2S/c1-14-15(2)26(12-17-5-4-9-28-17)22(19(14)11-23)24-21(27)13-25-8-6-20-18(16(25)3)7-10-29-20/h4-5,7,9-10,16H,6,8,12-13H2,1-3H3,(H,24,27)/p+1/t16-/m1/s1. The van der Waals surface area contributed by atoms with Crippen LogP contribution in [0, 0.1) is 25.2 Å². The number of amides is 1. The average Bonchev–Trinajstić information content (AvgIpc) is 3.42. The molecule has 0 saturated carbocycles. The minimum absolute atomic E-state index is 0.0692. The lowest BCUT2D eigenvalue weighted by Crippen LogP contribution is -3.14. The van der Waals surface area contributed by atoms with Gasteiger partial charge in [-0.2, -0.15) is 5.26 Å². The zero-order valence-electron chi connectivity index (χ0n) is 16.9. The molecule has 3 aromatic rings. The van der Waals surface area contributed by atoms with E-state index in [1.807, 2.05) is 30.5 Å². The van der Waals surface area contributed by atoms with E-state index in [1.54, 1.807) is 17.6 Å². The van der Waals surface area contributed by atoms with Gasteiger partial charge in [-0.1, -0.05) is 0 Å². The number of thiophene rings is 1. The molecule has 7 heteroatoms. The molecule has 1 aliphatic rings. The van der Waals surface area contributed by atoms with E-state index >= 15 is 0 Å². The Balaban J connectivity index is 1.55. The molecule has 0 bridgehead atoms. The van der Waals surface area contributed by atoms with Gasteiger partial charge in [0.1, 0.15) is 23.7 Å². The number of rotatable bonds is 5. The average molecular weight is 410 g/mol. The summed E-state index contributed by atoms with van der Waals surface area (Å²) in [5, 5.41) is 14.8. The zero-order chi connectivity index (χ0) is 20.5. The lowest BCUT2D eigenvalue weighted by molar-refractivity contribution is -0.923. The van der Waals surface area contributed by atoms with Crippen molar-refractivity contribution < 1.29 is 14.1 Å². The molecule has 4 rings (SSSR count). The molecule has 1 amide bonds. The fourth-order valence-electron chi connectivity index (χ4n) is 4.16. The molecular weight excluding hydrogens is 384 g/mol. The first-order valence-electron chi connectivity index (χ1n) is 9.82. The zero-order valence-corrected chi connectivity index (χ0v) is 17.7. The second-order valence-electron chi connectivity index (χ2n) is 7.62. The van der Waals surface area contributed by atoms with Gasteiger partial charge in [0.05, 0.1) is 24.9 Å². The van der Waals surface area contributed by atoms with Gasteiger partial charge in [0.15, 0.2) is 6.54 Å². The van der Waals surface area contributed by atoms with Crippen molar-refractivity contribution in [3.63, 3.8) is 0 Å². The first-order valence-corrected chi connectivity index (χ1v) is 10.7. The maximum Gasteiger partial charge on any atom is 0.280 e. The summed E-state index contributed by atoms with van der Waals surface area (Å²) in [6.45, 7) is 7.86. The van der Waals surface area contributed by atoms with Crippen LogP contribution in [0.3, 0.4) is 0 Å². The molecule has 29 heavy (non-hydrogen) atoms. The van der Waals surface area contributed by atoms with Crippen molar-refractivity contribution >= 4 is 23.1 Å². The Bertz CT molecular complexity index is 1070. The first-order chi connectivity index (χ1) is 14.0. The number of anilines is 1. The molecule has 150 valence electrons. The topological polar surface area (TPSA) is 75.4 Å². The number of carbonyl (C=O) groups excluding carboxylic acids is 1. The fraction of sp³-hybridized carbons (Fsp3) is 0.364. The summed E-state index contributed by atoms with van der Waals surface area (Å²) in [5.74, 6) is 1.27. The van der Waals surface area contributed by atoms with Crippen LogP contribution in [0.1, 0.15) is 46.0 Å².